The Hall–Kier alpha value is -2.32. The van der Waals surface area contributed by atoms with Gasteiger partial charge in [0.05, 0.1) is 10.6 Å². The van der Waals surface area contributed by atoms with Gasteiger partial charge in [0.15, 0.2) is 11.0 Å². The summed E-state index contributed by atoms with van der Waals surface area (Å²) in [6.45, 7) is 2.81. The molecule has 2 aromatic heterocycles. The number of nitrogens with zero attached hydrogens (tertiary/aromatic N) is 4. The summed E-state index contributed by atoms with van der Waals surface area (Å²) < 4.78 is 2.01. The van der Waals surface area contributed by atoms with Crippen LogP contribution in [0.15, 0.2) is 35.5 Å². The smallest absolute Gasteiger partial charge is 0.230 e. The van der Waals surface area contributed by atoms with E-state index in [2.05, 4.69) is 45.5 Å². The van der Waals surface area contributed by atoms with Gasteiger partial charge in [0.25, 0.3) is 0 Å². The Morgan fingerprint density at radius 1 is 1.28 bits per heavy atom. The average molecular weight is 470 g/mol. The van der Waals surface area contributed by atoms with E-state index in [0.717, 1.165) is 28.1 Å². The zero-order chi connectivity index (χ0) is 22.7. The molecule has 6 nitrogen and oxygen atoms in total. The van der Waals surface area contributed by atoms with Crippen LogP contribution in [-0.4, -0.2) is 40.5 Å². The number of amides is 1. The molecular weight excluding hydrogens is 438 g/mol. The molecular formula is C24H31N5OS2. The van der Waals surface area contributed by atoms with Crippen LogP contribution >= 0.6 is 23.1 Å². The normalized spacial score (nSPS) is 15.4. The fourth-order valence-electron chi connectivity index (χ4n) is 4.01. The molecule has 170 valence electrons. The third-order valence-electron chi connectivity index (χ3n) is 6.09. The number of benzene rings is 1. The molecule has 0 aliphatic heterocycles. The Balaban J connectivity index is 1.32. The van der Waals surface area contributed by atoms with Gasteiger partial charge in [-0.15, -0.1) is 21.5 Å². The van der Waals surface area contributed by atoms with Crippen molar-refractivity contribution >= 4 is 34.7 Å². The van der Waals surface area contributed by atoms with Crippen molar-refractivity contribution in [2.45, 2.75) is 44.3 Å². The van der Waals surface area contributed by atoms with Crippen molar-refractivity contribution in [3.63, 3.8) is 0 Å². The number of aryl methyl sites for hydroxylation is 1. The number of anilines is 1. The van der Waals surface area contributed by atoms with Crippen LogP contribution < -0.4 is 10.2 Å². The Labute approximate surface area is 198 Å². The molecule has 1 unspecified atom stereocenters. The topological polar surface area (TPSA) is 63.1 Å². The summed E-state index contributed by atoms with van der Waals surface area (Å²) in [4.78, 5) is 17.1. The van der Waals surface area contributed by atoms with E-state index in [1.807, 2.05) is 49.2 Å². The predicted molar refractivity (Wildman–Crippen MR) is 133 cm³/mol. The first-order chi connectivity index (χ1) is 15.4. The molecule has 1 aliphatic carbocycles. The number of rotatable bonds is 8. The lowest BCUT2D eigenvalue weighted by Crippen LogP contribution is -2.24. The highest BCUT2D eigenvalue weighted by atomic mass is 32.2. The molecule has 0 bridgehead atoms. The van der Waals surface area contributed by atoms with Gasteiger partial charge in [0.2, 0.25) is 5.91 Å². The number of aromatic nitrogens is 3. The molecule has 0 radical (unpaired) electrons. The SMILES string of the molecule is CCC1CCc2sc(-c3nnc(SCC(=O)NCc4ccc(N(C)C)cc4)n3C)cc2C1. The number of carbonyl (C=O) groups excluding carboxylic acids is 1. The monoisotopic (exact) mass is 469 g/mol. The number of nitrogens with one attached hydrogen (secondary N) is 1. The maximum atomic E-state index is 12.3. The van der Waals surface area contributed by atoms with Gasteiger partial charge in [-0.3, -0.25) is 4.79 Å². The number of fused-ring (bicyclic) bond motifs is 1. The quantitative estimate of drug-likeness (QED) is 0.491. The molecule has 0 fully saturated rings. The molecule has 1 aliphatic rings. The summed E-state index contributed by atoms with van der Waals surface area (Å²) in [5.41, 5.74) is 3.71. The zero-order valence-electron chi connectivity index (χ0n) is 19.2. The van der Waals surface area contributed by atoms with Gasteiger partial charge in [-0.05, 0) is 54.5 Å². The van der Waals surface area contributed by atoms with E-state index < -0.39 is 0 Å². The Kier molecular flexibility index (Phi) is 7.20. The molecule has 0 saturated heterocycles. The van der Waals surface area contributed by atoms with Crippen LogP contribution in [0, 0.1) is 5.92 Å². The summed E-state index contributed by atoms with van der Waals surface area (Å²) in [6, 6.07) is 10.5. The van der Waals surface area contributed by atoms with Crippen LogP contribution in [0.5, 0.6) is 0 Å². The van der Waals surface area contributed by atoms with Crippen molar-refractivity contribution < 1.29 is 4.79 Å². The Bertz CT molecular complexity index is 1070. The second-order valence-electron chi connectivity index (χ2n) is 8.57. The average Bonchev–Trinajstić information content (AvgIpc) is 3.38. The van der Waals surface area contributed by atoms with Crippen molar-refractivity contribution in [1.29, 1.82) is 0 Å². The van der Waals surface area contributed by atoms with Crippen LogP contribution in [0.4, 0.5) is 5.69 Å². The first kappa shape index (κ1) is 22.9. The van der Waals surface area contributed by atoms with Crippen molar-refractivity contribution in [2.24, 2.45) is 13.0 Å². The predicted octanol–water partition coefficient (Wildman–Crippen LogP) is 4.53. The van der Waals surface area contributed by atoms with Gasteiger partial charge in [-0.25, -0.2) is 0 Å². The van der Waals surface area contributed by atoms with Crippen molar-refractivity contribution in [2.75, 3.05) is 24.7 Å². The molecule has 1 aromatic carbocycles. The molecule has 1 amide bonds. The third kappa shape index (κ3) is 5.18. The zero-order valence-corrected chi connectivity index (χ0v) is 20.9. The molecule has 0 saturated carbocycles. The summed E-state index contributed by atoms with van der Waals surface area (Å²) in [6.07, 6.45) is 4.90. The molecule has 0 spiro atoms. The second-order valence-corrected chi connectivity index (χ2v) is 10.6. The minimum Gasteiger partial charge on any atom is -0.378 e. The lowest BCUT2D eigenvalue weighted by Gasteiger charge is -2.19. The molecule has 2 heterocycles. The maximum Gasteiger partial charge on any atom is 0.230 e. The lowest BCUT2D eigenvalue weighted by molar-refractivity contribution is -0.118. The highest BCUT2D eigenvalue weighted by Crippen LogP contribution is 2.38. The second kappa shape index (κ2) is 10.1. The number of thioether (sulfide) groups is 1. The first-order valence-corrected chi connectivity index (χ1v) is 12.9. The van der Waals surface area contributed by atoms with Gasteiger partial charge in [-0.1, -0.05) is 37.2 Å². The lowest BCUT2D eigenvalue weighted by atomic mass is 9.87. The minimum atomic E-state index is -0.00608. The van der Waals surface area contributed by atoms with Crippen LogP contribution in [0.1, 0.15) is 35.8 Å². The number of carbonyl (C=O) groups is 1. The van der Waals surface area contributed by atoms with E-state index in [-0.39, 0.29) is 5.91 Å². The van der Waals surface area contributed by atoms with Crippen molar-refractivity contribution in [1.82, 2.24) is 20.1 Å². The van der Waals surface area contributed by atoms with Gasteiger partial charge >= 0.3 is 0 Å². The molecule has 1 atom stereocenters. The summed E-state index contributed by atoms with van der Waals surface area (Å²) in [5, 5.41) is 12.5. The number of thiophene rings is 1. The minimum absolute atomic E-state index is 0.00608. The van der Waals surface area contributed by atoms with E-state index >= 15 is 0 Å². The highest BCUT2D eigenvalue weighted by molar-refractivity contribution is 7.99. The highest BCUT2D eigenvalue weighted by Gasteiger charge is 2.22. The van der Waals surface area contributed by atoms with Crippen LogP contribution in [0.25, 0.3) is 10.7 Å². The standard InChI is InChI=1S/C24H31N5OS2/c1-5-16-8-11-20-18(12-16)13-21(32-20)23-26-27-24(29(23)4)31-15-22(30)25-14-17-6-9-19(10-7-17)28(2)3/h6-7,9-10,13,16H,5,8,11-12,14-15H2,1-4H3,(H,25,30). The van der Waals surface area contributed by atoms with E-state index in [0.29, 0.717) is 12.3 Å². The van der Waals surface area contributed by atoms with Crippen LogP contribution in [-0.2, 0) is 31.2 Å². The fraction of sp³-hybridized carbons (Fsp3) is 0.458. The molecule has 4 rings (SSSR count). The van der Waals surface area contributed by atoms with E-state index in [1.165, 1.54) is 52.8 Å². The summed E-state index contributed by atoms with van der Waals surface area (Å²) in [7, 11) is 6.01. The molecule has 32 heavy (non-hydrogen) atoms. The van der Waals surface area contributed by atoms with Gasteiger partial charge in [0.1, 0.15) is 0 Å². The largest absolute Gasteiger partial charge is 0.378 e. The molecule has 1 N–H and O–H groups in total. The van der Waals surface area contributed by atoms with Gasteiger partial charge in [0, 0.05) is 38.3 Å². The Morgan fingerprint density at radius 3 is 2.78 bits per heavy atom. The molecule has 8 heteroatoms. The van der Waals surface area contributed by atoms with Crippen molar-refractivity contribution in [3.8, 4) is 10.7 Å². The van der Waals surface area contributed by atoms with E-state index in [1.54, 1.807) is 0 Å². The summed E-state index contributed by atoms with van der Waals surface area (Å²) >= 11 is 3.27. The van der Waals surface area contributed by atoms with Gasteiger partial charge in [-0.2, -0.15) is 0 Å². The van der Waals surface area contributed by atoms with Crippen molar-refractivity contribution in [3.05, 3.63) is 46.3 Å². The third-order valence-corrected chi connectivity index (χ3v) is 8.35. The Morgan fingerprint density at radius 2 is 2.06 bits per heavy atom. The van der Waals surface area contributed by atoms with Crippen LogP contribution in [0.3, 0.4) is 0 Å². The van der Waals surface area contributed by atoms with E-state index in [9.17, 15) is 4.79 Å². The molecule has 3 aromatic rings. The summed E-state index contributed by atoms with van der Waals surface area (Å²) in [5.74, 6) is 2.01. The van der Waals surface area contributed by atoms with Gasteiger partial charge < -0.3 is 14.8 Å². The first-order valence-electron chi connectivity index (χ1n) is 11.1. The van der Waals surface area contributed by atoms with E-state index in [4.69, 9.17) is 0 Å². The van der Waals surface area contributed by atoms with Crippen LogP contribution in [0.2, 0.25) is 0 Å². The maximum absolute atomic E-state index is 12.3. The number of hydrogen-bond donors (Lipinski definition) is 1. The number of hydrogen-bond acceptors (Lipinski definition) is 6. The fourth-order valence-corrected chi connectivity index (χ4v) is 5.98.